The van der Waals surface area contributed by atoms with Crippen LogP contribution < -0.4 is 4.90 Å². The van der Waals surface area contributed by atoms with Crippen molar-refractivity contribution in [2.75, 3.05) is 18.0 Å². The van der Waals surface area contributed by atoms with E-state index in [1.165, 1.54) is 38.5 Å². The molecule has 1 aliphatic carbocycles. The van der Waals surface area contributed by atoms with Crippen molar-refractivity contribution in [1.29, 1.82) is 0 Å². The minimum absolute atomic E-state index is 0.627. The second-order valence-corrected chi connectivity index (χ2v) is 7.29. The summed E-state index contributed by atoms with van der Waals surface area (Å²) in [6.45, 7) is 4.19. The van der Waals surface area contributed by atoms with Crippen LogP contribution >= 0.6 is 15.9 Å². The molecule has 0 amide bonds. The highest BCUT2D eigenvalue weighted by molar-refractivity contribution is 9.10. The molecule has 0 atom stereocenters. The van der Waals surface area contributed by atoms with Crippen molar-refractivity contribution >= 4 is 27.5 Å². The van der Waals surface area contributed by atoms with E-state index in [-0.39, 0.29) is 0 Å². The molecule has 112 valence electrons. The normalized spacial score (nSPS) is 21.5. The molecule has 21 heavy (non-hydrogen) atoms. The Labute approximate surface area is 132 Å². The number of halogens is 1. The number of rotatable bonds is 1. The van der Waals surface area contributed by atoms with Gasteiger partial charge in [0.25, 0.3) is 0 Å². The van der Waals surface area contributed by atoms with Crippen LogP contribution in [0.5, 0.6) is 0 Å². The first-order valence-corrected chi connectivity index (χ1v) is 8.59. The Kier molecular flexibility index (Phi) is 3.17. The lowest BCUT2D eigenvalue weighted by atomic mass is 9.77. The van der Waals surface area contributed by atoms with Gasteiger partial charge in [0.15, 0.2) is 5.65 Å². The Morgan fingerprint density at radius 1 is 1.14 bits per heavy atom. The molecule has 3 heterocycles. The average molecular weight is 350 g/mol. The van der Waals surface area contributed by atoms with Crippen molar-refractivity contribution in [3.05, 3.63) is 16.5 Å². The van der Waals surface area contributed by atoms with Gasteiger partial charge in [-0.05, 0) is 54.0 Å². The maximum atomic E-state index is 4.75. The predicted octanol–water partition coefficient (Wildman–Crippen LogP) is 3.36. The van der Waals surface area contributed by atoms with Crippen molar-refractivity contribution in [2.45, 2.75) is 45.4 Å². The minimum Gasteiger partial charge on any atom is -0.341 e. The highest BCUT2D eigenvalue weighted by Gasteiger charge is 2.37. The van der Waals surface area contributed by atoms with Crippen LogP contribution in [0.4, 0.5) is 5.95 Å². The van der Waals surface area contributed by atoms with Gasteiger partial charge in [0.1, 0.15) is 6.33 Å². The molecule has 5 nitrogen and oxygen atoms in total. The van der Waals surface area contributed by atoms with E-state index >= 15 is 0 Å². The Morgan fingerprint density at radius 3 is 2.57 bits per heavy atom. The van der Waals surface area contributed by atoms with Crippen LogP contribution in [0, 0.1) is 12.3 Å². The van der Waals surface area contributed by atoms with Crippen LogP contribution in [-0.4, -0.2) is 32.7 Å². The summed E-state index contributed by atoms with van der Waals surface area (Å²) >= 11 is 3.56. The predicted molar refractivity (Wildman–Crippen MR) is 85.6 cm³/mol. The Balaban J connectivity index is 1.65. The van der Waals surface area contributed by atoms with Gasteiger partial charge in [0.05, 0.1) is 10.2 Å². The molecule has 0 unspecified atom stereocenters. The van der Waals surface area contributed by atoms with E-state index < -0.39 is 0 Å². The fourth-order valence-corrected chi connectivity index (χ4v) is 4.32. The second-order valence-electron chi connectivity index (χ2n) is 6.50. The zero-order valence-corrected chi connectivity index (χ0v) is 13.9. The maximum absolute atomic E-state index is 4.75. The van der Waals surface area contributed by atoms with E-state index in [4.69, 9.17) is 4.98 Å². The van der Waals surface area contributed by atoms with Gasteiger partial charge in [0.2, 0.25) is 5.95 Å². The van der Waals surface area contributed by atoms with E-state index in [1.54, 1.807) is 6.33 Å². The van der Waals surface area contributed by atoms with Crippen LogP contribution in [0.25, 0.3) is 5.65 Å². The Bertz CT molecular complexity index is 664. The van der Waals surface area contributed by atoms with Crippen LogP contribution in [0.2, 0.25) is 0 Å². The van der Waals surface area contributed by atoms with Crippen molar-refractivity contribution in [2.24, 2.45) is 5.41 Å². The van der Waals surface area contributed by atoms with Gasteiger partial charge >= 0.3 is 0 Å². The van der Waals surface area contributed by atoms with E-state index in [0.29, 0.717) is 5.41 Å². The average Bonchev–Trinajstić information content (AvgIpc) is 3.14. The lowest BCUT2D eigenvalue weighted by Gasteiger charge is -2.39. The number of aromatic nitrogens is 4. The molecule has 0 bridgehead atoms. The monoisotopic (exact) mass is 349 g/mol. The molecule has 2 aliphatic rings. The molecular weight excluding hydrogens is 330 g/mol. The lowest BCUT2D eigenvalue weighted by molar-refractivity contribution is 0.225. The number of nitrogens with zero attached hydrogens (tertiary/aromatic N) is 5. The third-order valence-corrected chi connectivity index (χ3v) is 6.22. The quantitative estimate of drug-likeness (QED) is 0.791. The summed E-state index contributed by atoms with van der Waals surface area (Å²) in [4.78, 5) is 11.5. The second kappa shape index (κ2) is 4.93. The van der Waals surface area contributed by atoms with Crippen LogP contribution in [-0.2, 0) is 0 Å². The highest BCUT2D eigenvalue weighted by atomic mass is 79.9. The molecular formula is C15H20BrN5. The molecule has 1 spiro atoms. The number of piperidine rings is 1. The third kappa shape index (κ3) is 2.15. The summed E-state index contributed by atoms with van der Waals surface area (Å²) in [5, 5.41) is 4.36. The van der Waals surface area contributed by atoms with E-state index in [0.717, 1.165) is 34.9 Å². The Hall–Kier alpha value is -1.17. The number of hydrogen-bond acceptors (Lipinski definition) is 4. The number of fused-ring (bicyclic) bond motifs is 1. The largest absolute Gasteiger partial charge is 0.341 e. The van der Waals surface area contributed by atoms with Gasteiger partial charge in [-0.25, -0.2) is 9.97 Å². The summed E-state index contributed by atoms with van der Waals surface area (Å²) in [7, 11) is 0. The number of aryl methyl sites for hydroxylation is 1. The van der Waals surface area contributed by atoms with Gasteiger partial charge < -0.3 is 4.90 Å². The zero-order chi connectivity index (χ0) is 14.4. The summed E-state index contributed by atoms with van der Waals surface area (Å²) < 4.78 is 2.80. The molecule has 0 aromatic carbocycles. The summed E-state index contributed by atoms with van der Waals surface area (Å²) in [5.74, 6) is 0.941. The van der Waals surface area contributed by atoms with Crippen LogP contribution in [0.3, 0.4) is 0 Å². The first-order valence-electron chi connectivity index (χ1n) is 7.79. The first kappa shape index (κ1) is 13.5. The number of hydrogen-bond donors (Lipinski definition) is 0. The molecule has 1 saturated heterocycles. The van der Waals surface area contributed by atoms with E-state index in [9.17, 15) is 0 Å². The smallest absolute Gasteiger partial charge is 0.228 e. The molecule has 0 radical (unpaired) electrons. The molecule has 1 aliphatic heterocycles. The van der Waals surface area contributed by atoms with E-state index in [1.807, 2.05) is 11.4 Å². The number of anilines is 1. The molecule has 1 saturated carbocycles. The van der Waals surface area contributed by atoms with Crippen LogP contribution in [0.15, 0.2) is 10.8 Å². The Morgan fingerprint density at radius 2 is 1.86 bits per heavy atom. The zero-order valence-electron chi connectivity index (χ0n) is 12.3. The topological polar surface area (TPSA) is 46.3 Å². The van der Waals surface area contributed by atoms with Gasteiger partial charge in [-0.1, -0.05) is 12.8 Å². The molecule has 2 aromatic heterocycles. The third-order valence-electron chi connectivity index (χ3n) is 5.29. The van der Waals surface area contributed by atoms with Crippen LogP contribution in [0.1, 0.15) is 44.2 Å². The first-order chi connectivity index (χ1) is 10.2. The highest BCUT2D eigenvalue weighted by Crippen LogP contribution is 2.46. The van der Waals surface area contributed by atoms with Gasteiger partial charge in [-0.3, -0.25) is 0 Å². The minimum atomic E-state index is 0.627. The maximum Gasteiger partial charge on any atom is 0.228 e. The summed E-state index contributed by atoms with van der Waals surface area (Å²) in [5.41, 5.74) is 2.47. The van der Waals surface area contributed by atoms with E-state index in [2.05, 4.69) is 30.9 Å². The molecule has 2 aromatic rings. The SMILES string of the molecule is Cc1nc(N2CCC3(CCCC3)CC2)n2ncnc2c1Br. The van der Waals surface area contributed by atoms with Crippen molar-refractivity contribution in [1.82, 2.24) is 19.6 Å². The molecule has 4 rings (SSSR count). The summed E-state index contributed by atoms with van der Waals surface area (Å²) in [6, 6.07) is 0. The fourth-order valence-electron chi connectivity index (χ4n) is 3.96. The summed E-state index contributed by atoms with van der Waals surface area (Å²) in [6.07, 6.45) is 9.87. The molecule has 2 fully saturated rings. The lowest BCUT2D eigenvalue weighted by Crippen LogP contribution is -2.40. The fraction of sp³-hybridized carbons (Fsp3) is 0.667. The standard InChI is InChI=1S/C15H20BrN5/c1-11-12(16)13-17-10-18-21(13)14(19-11)20-8-6-15(7-9-20)4-2-3-5-15/h10H,2-9H2,1H3. The van der Waals surface area contributed by atoms with Gasteiger partial charge in [-0.15, -0.1) is 0 Å². The molecule has 0 N–H and O–H groups in total. The molecule has 6 heteroatoms. The van der Waals surface area contributed by atoms with Crippen molar-refractivity contribution < 1.29 is 0 Å². The van der Waals surface area contributed by atoms with Gasteiger partial charge in [0, 0.05) is 13.1 Å². The van der Waals surface area contributed by atoms with Gasteiger partial charge in [-0.2, -0.15) is 9.61 Å². The van der Waals surface area contributed by atoms with Crippen molar-refractivity contribution in [3.8, 4) is 0 Å². The van der Waals surface area contributed by atoms with Crippen molar-refractivity contribution in [3.63, 3.8) is 0 Å².